The maximum absolute atomic E-state index is 12.1. The fourth-order valence-electron chi connectivity index (χ4n) is 2.81. The van der Waals surface area contributed by atoms with Crippen molar-refractivity contribution in [3.63, 3.8) is 0 Å². The molecule has 0 atom stereocenters. The predicted molar refractivity (Wildman–Crippen MR) is 96.2 cm³/mol. The maximum atomic E-state index is 12.1. The number of nitrogens with one attached hydrogen (secondary N) is 2. The fraction of sp³-hybridized carbons (Fsp3) is 0.556. The maximum Gasteiger partial charge on any atom is 0.265 e. The minimum atomic E-state index is -0.321. The molecule has 0 bridgehead atoms. The van der Waals surface area contributed by atoms with Crippen molar-refractivity contribution >= 4 is 11.8 Å². The second kappa shape index (κ2) is 10.8. The highest BCUT2D eigenvalue weighted by Crippen LogP contribution is 2.22. The molecule has 1 rings (SSSR count). The van der Waals surface area contributed by atoms with Crippen molar-refractivity contribution in [3.8, 4) is 0 Å². The summed E-state index contributed by atoms with van der Waals surface area (Å²) in [6, 6.07) is 3.59. The van der Waals surface area contributed by atoms with Crippen molar-refractivity contribution in [2.45, 2.75) is 65.2 Å². The highest BCUT2D eigenvalue weighted by Gasteiger charge is 2.18. The molecule has 134 valence electrons. The topological polar surface area (TPSA) is 110 Å². The first kappa shape index (κ1) is 20.1. The van der Waals surface area contributed by atoms with Gasteiger partial charge in [0, 0.05) is 11.1 Å². The number of carbonyl (C=O) groups excluding carboxylic acids is 2. The van der Waals surface area contributed by atoms with Crippen molar-refractivity contribution in [2.24, 2.45) is 11.7 Å². The zero-order chi connectivity index (χ0) is 17.9. The molecule has 0 saturated carbocycles. The Morgan fingerprint density at radius 1 is 0.792 bits per heavy atom. The number of unbranched alkanes of at least 4 members (excludes halogenated alkanes) is 4. The van der Waals surface area contributed by atoms with Crippen molar-refractivity contribution in [1.29, 1.82) is 0 Å². The van der Waals surface area contributed by atoms with Gasteiger partial charge in [-0.25, -0.2) is 11.7 Å². The summed E-state index contributed by atoms with van der Waals surface area (Å²) in [7, 11) is 0. The number of amides is 2. The third-order valence-electron chi connectivity index (χ3n) is 4.18. The summed E-state index contributed by atoms with van der Waals surface area (Å²) in [5, 5.41) is 0. The van der Waals surface area contributed by atoms with E-state index in [1.54, 1.807) is 12.1 Å². The Labute approximate surface area is 144 Å². The lowest BCUT2D eigenvalue weighted by Gasteiger charge is -2.15. The molecular weight excluding hydrogens is 304 g/mol. The molecule has 6 nitrogen and oxygen atoms in total. The summed E-state index contributed by atoms with van der Waals surface area (Å²) >= 11 is 0. The van der Waals surface area contributed by atoms with E-state index in [9.17, 15) is 9.59 Å². The normalized spacial score (nSPS) is 10.5. The van der Waals surface area contributed by atoms with Gasteiger partial charge in [0.25, 0.3) is 11.8 Å². The molecule has 6 N–H and O–H groups in total. The number of nitrogens with two attached hydrogens (primary N) is 2. The van der Waals surface area contributed by atoms with Crippen LogP contribution in [0.2, 0.25) is 0 Å². The van der Waals surface area contributed by atoms with Gasteiger partial charge in [-0.05, 0) is 48.9 Å². The van der Waals surface area contributed by atoms with Gasteiger partial charge in [-0.15, -0.1) is 0 Å². The summed E-state index contributed by atoms with van der Waals surface area (Å²) < 4.78 is 0. The zero-order valence-electron chi connectivity index (χ0n) is 14.8. The molecular formula is C18H30N4O2. The molecule has 6 heteroatoms. The van der Waals surface area contributed by atoms with E-state index in [4.69, 9.17) is 11.7 Å². The zero-order valence-corrected chi connectivity index (χ0v) is 14.8. The third-order valence-corrected chi connectivity index (χ3v) is 4.18. The quantitative estimate of drug-likeness (QED) is 0.228. The minimum Gasteiger partial charge on any atom is -0.290 e. The summed E-state index contributed by atoms with van der Waals surface area (Å²) in [4.78, 5) is 24.3. The number of carbonyl (C=O) groups is 2. The Morgan fingerprint density at radius 3 is 1.46 bits per heavy atom. The average Bonchev–Trinajstić information content (AvgIpc) is 2.61. The Hall–Kier alpha value is -1.92. The fourth-order valence-corrected chi connectivity index (χ4v) is 2.81. The van der Waals surface area contributed by atoms with Crippen LogP contribution in [0.5, 0.6) is 0 Å². The van der Waals surface area contributed by atoms with Crippen molar-refractivity contribution < 1.29 is 9.59 Å². The lowest BCUT2D eigenvalue weighted by Crippen LogP contribution is -2.33. The van der Waals surface area contributed by atoms with Gasteiger partial charge in [0.15, 0.2) is 0 Å². The van der Waals surface area contributed by atoms with Gasteiger partial charge in [-0.1, -0.05) is 39.5 Å². The highest BCUT2D eigenvalue weighted by molar-refractivity contribution is 6.00. The first-order valence-electron chi connectivity index (χ1n) is 8.76. The molecule has 0 spiro atoms. The smallest absolute Gasteiger partial charge is 0.265 e. The molecule has 0 aliphatic rings. The van der Waals surface area contributed by atoms with Crippen molar-refractivity contribution in [3.05, 3.63) is 34.4 Å². The van der Waals surface area contributed by atoms with Gasteiger partial charge in [0.2, 0.25) is 0 Å². The monoisotopic (exact) mass is 334 g/mol. The number of rotatable bonds is 10. The lowest BCUT2D eigenvalue weighted by atomic mass is 9.91. The van der Waals surface area contributed by atoms with Crippen molar-refractivity contribution in [2.75, 3.05) is 0 Å². The predicted octanol–water partition coefficient (Wildman–Crippen LogP) is 2.36. The van der Waals surface area contributed by atoms with E-state index in [1.165, 1.54) is 0 Å². The van der Waals surface area contributed by atoms with E-state index in [1.807, 2.05) is 0 Å². The molecule has 0 radical (unpaired) electrons. The SMILES string of the molecule is CCCCCc1cc(C(=O)NN)c(CCCCC)cc1C(=O)NN. The van der Waals surface area contributed by atoms with Gasteiger partial charge < -0.3 is 0 Å². The number of aryl methyl sites for hydroxylation is 2. The van der Waals surface area contributed by atoms with E-state index >= 15 is 0 Å². The Morgan fingerprint density at radius 2 is 1.17 bits per heavy atom. The van der Waals surface area contributed by atoms with E-state index in [2.05, 4.69) is 24.7 Å². The number of benzene rings is 1. The minimum absolute atomic E-state index is 0.321. The average molecular weight is 334 g/mol. The largest absolute Gasteiger partial charge is 0.290 e. The van der Waals surface area contributed by atoms with Gasteiger partial charge in [0.1, 0.15) is 0 Å². The summed E-state index contributed by atoms with van der Waals surface area (Å²) in [6.45, 7) is 4.25. The number of hydrogen-bond donors (Lipinski definition) is 4. The molecule has 0 fully saturated rings. The second-order valence-corrected chi connectivity index (χ2v) is 6.03. The molecule has 1 aromatic rings. The van der Waals surface area contributed by atoms with E-state index in [0.29, 0.717) is 11.1 Å². The Balaban J connectivity index is 3.24. The molecule has 0 unspecified atom stereocenters. The van der Waals surface area contributed by atoms with Crippen LogP contribution in [0.3, 0.4) is 0 Å². The summed E-state index contributed by atoms with van der Waals surface area (Å²) in [5.74, 6) is 10.0. The van der Waals surface area contributed by atoms with E-state index < -0.39 is 0 Å². The second-order valence-electron chi connectivity index (χ2n) is 6.03. The van der Waals surface area contributed by atoms with Crippen LogP contribution in [0.4, 0.5) is 0 Å². The molecule has 0 aliphatic heterocycles. The van der Waals surface area contributed by atoms with Crippen LogP contribution >= 0.6 is 0 Å². The molecule has 0 saturated heterocycles. The molecule has 24 heavy (non-hydrogen) atoms. The van der Waals surface area contributed by atoms with Crippen LogP contribution in [-0.4, -0.2) is 11.8 Å². The van der Waals surface area contributed by atoms with Crippen LogP contribution in [0.25, 0.3) is 0 Å². The van der Waals surface area contributed by atoms with Crippen LogP contribution in [0, 0.1) is 0 Å². The molecule has 2 amide bonds. The Bertz CT molecular complexity index is 508. The third kappa shape index (κ3) is 5.62. The van der Waals surface area contributed by atoms with Crippen LogP contribution in [0.1, 0.15) is 84.2 Å². The van der Waals surface area contributed by atoms with E-state index in [0.717, 1.165) is 62.5 Å². The molecule has 0 heterocycles. The van der Waals surface area contributed by atoms with Gasteiger partial charge in [-0.3, -0.25) is 20.4 Å². The molecule has 0 aromatic heterocycles. The first-order chi connectivity index (χ1) is 11.6. The lowest BCUT2D eigenvalue weighted by molar-refractivity contribution is 0.0940. The summed E-state index contributed by atoms with van der Waals surface area (Å²) in [6.07, 6.45) is 7.70. The van der Waals surface area contributed by atoms with Gasteiger partial charge >= 0.3 is 0 Å². The number of hydrogen-bond acceptors (Lipinski definition) is 4. The standard InChI is InChI=1S/C18H30N4O2/c1-3-5-7-9-13-11-16(18(24)22-20)14(10-8-6-4-2)12-15(13)17(23)21-19/h11-12H,3-10,19-20H2,1-2H3,(H,21,23)(H,22,24). The van der Waals surface area contributed by atoms with Gasteiger partial charge in [0.05, 0.1) is 0 Å². The number of nitrogen functional groups attached to an aromatic ring is 2. The van der Waals surface area contributed by atoms with Crippen LogP contribution in [0.15, 0.2) is 12.1 Å². The Kier molecular flexibility index (Phi) is 9.04. The van der Waals surface area contributed by atoms with Crippen LogP contribution < -0.4 is 22.5 Å². The molecule has 0 aliphatic carbocycles. The number of hydrazine groups is 2. The van der Waals surface area contributed by atoms with E-state index in [-0.39, 0.29) is 11.8 Å². The van der Waals surface area contributed by atoms with Crippen LogP contribution in [-0.2, 0) is 12.8 Å². The highest BCUT2D eigenvalue weighted by atomic mass is 16.2. The van der Waals surface area contributed by atoms with Crippen molar-refractivity contribution in [1.82, 2.24) is 10.9 Å². The summed E-state index contributed by atoms with van der Waals surface area (Å²) in [5.41, 5.74) is 7.18. The first-order valence-corrected chi connectivity index (χ1v) is 8.76. The molecule has 1 aromatic carbocycles. The van der Waals surface area contributed by atoms with Gasteiger partial charge in [-0.2, -0.15) is 0 Å².